The van der Waals surface area contributed by atoms with Gasteiger partial charge < -0.3 is 14.4 Å². The first-order chi connectivity index (χ1) is 15.0. The van der Waals surface area contributed by atoms with Crippen LogP contribution in [-0.2, 0) is 11.2 Å². The summed E-state index contributed by atoms with van der Waals surface area (Å²) in [5, 5.41) is 0. The van der Waals surface area contributed by atoms with E-state index in [1.807, 2.05) is 24.0 Å². The van der Waals surface area contributed by atoms with Gasteiger partial charge in [0.1, 0.15) is 0 Å². The molecule has 0 saturated heterocycles. The fraction of sp³-hybridized carbons (Fsp3) is 0.375. The minimum Gasteiger partial charge on any atom is -0.490 e. The van der Waals surface area contributed by atoms with Crippen molar-refractivity contribution in [2.24, 2.45) is 0 Å². The highest BCUT2D eigenvalue weighted by Crippen LogP contribution is 2.39. The molecule has 5 rings (SSSR count). The van der Waals surface area contributed by atoms with Gasteiger partial charge in [0.2, 0.25) is 5.91 Å². The van der Waals surface area contributed by atoms with Crippen LogP contribution in [0.5, 0.6) is 11.5 Å². The van der Waals surface area contributed by atoms with Crippen molar-refractivity contribution < 1.29 is 23.9 Å². The smallest absolute Gasteiger partial charge is 0.261 e. The van der Waals surface area contributed by atoms with E-state index in [0.29, 0.717) is 30.9 Å². The number of benzene rings is 2. The van der Waals surface area contributed by atoms with Crippen molar-refractivity contribution in [3.05, 3.63) is 58.7 Å². The first kappa shape index (κ1) is 19.6. The molecule has 0 spiro atoms. The van der Waals surface area contributed by atoms with E-state index in [1.54, 1.807) is 24.3 Å². The van der Waals surface area contributed by atoms with Gasteiger partial charge in [-0.15, -0.1) is 0 Å². The summed E-state index contributed by atoms with van der Waals surface area (Å²) in [4.78, 5) is 41.1. The highest BCUT2D eigenvalue weighted by atomic mass is 16.5. The average molecular weight is 420 g/mol. The van der Waals surface area contributed by atoms with Gasteiger partial charge >= 0.3 is 0 Å². The fourth-order valence-corrected chi connectivity index (χ4v) is 4.61. The molecule has 0 radical (unpaired) electrons. The number of carbonyl (C=O) groups excluding carboxylic acids is 3. The average Bonchev–Trinajstić information content (AvgIpc) is 2.92. The standard InChI is InChI=1S/C24H24N2O5/c1-15-19-14-21-20(30-11-4-12-31-21)13-16(19)7-9-25(15)22(27)8-10-26-23(28)17-5-2-3-6-18(17)24(26)29/h2-3,5-6,13-15H,4,7-12H2,1H3/t15-/m1/s1. The van der Waals surface area contributed by atoms with Gasteiger partial charge in [0.25, 0.3) is 11.8 Å². The lowest BCUT2D eigenvalue weighted by Gasteiger charge is -2.36. The molecule has 2 aromatic rings. The van der Waals surface area contributed by atoms with Crippen LogP contribution in [0.25, 0.3) is 0 Å². The third-order valence-corrected chi connectivity index (χ3v) is 6.30. The van der Waals surface area contributed by atoms with E-state index in [9.17, 15) is 14.4 Å². The Morgan fingerprint density at radius 3 is 2.35 bits per heavy atom. The van der Waals surface area contributed by atoms with Gasteiger partial charge in [-0.1, -0.05) is 12.1 Å². The van der Waals surface area contributed by atoms with Crippen molar-refractivity contribution >= 4 is 17.7 Å². The quantitative estimate of drug-likeness (QED) is 0.714. The molecule has 7 nitrogen and oxygen atoms in total. The Morgan fingerprint density at radius 2 is 1.68 bits per heavy atom. The molecule has 160 valence electrons. The van der Waals surface area contributed by atoms with E-state index >= 15 is 0 Å². The van der Waals surface area contributed by atoms with Crippen LogP contribution in [0.4, 0.5) is 0 Å². The van der Waals surface area contributed by atoms with E-state index in [1.165, 1.54) is 10.5 Å². The van der Waals surface area contributed by atoms with Gasteiger partial charge in [-0.2, -0.15) is 0 Å². The Hall–Kier alpha value is -3.35. The zero-order valence-corrected chi connectivity index (χ0v) is 17.4. The van der Waals surface area contributed by atoms with Crippen molar-refractivity contribution in [3.8, 4) is 11.5 Å². The molecular formula is C24H24N2O5. The summed E-state index contributed by atoms with van der Waals surface area (Å²) in [5.74, 6) is 0.773. The lowest BCUT2D eigenvalue weighted by Crippen LogP contribution is -2.41. The molecule has 3 aliphatic rings. The summed E-state index contributed by atoms with van der Waals surface area (Å²) in [6.45, 7) is 3.94. The first-order valence-corrected chi connectivity index (χ1v) is 10.7. The van der Waals surface area contributed by atoms with Crippen molar-refractivity contribution in [2.45, 2.75) is 32.2 Å². The second kappa shape index (κ2) is 7.72. The molecule has 3 aliphatic heterocycles. The summed E-state index contributed by atoms with van der Waals surface area (Å²) in [7, 11) is 0. The number of ether oxygens (including phenoxy) is 2. The van der Waals surface area contributed by atoms with E-state index in [4.69, 9.17) is 9.47 Å². The third kappa shape index (κ3) is 3.34. The van der Waals surface area contributed by atoms with Gasteiger partial charge in [-0.3, -0.25) is 19.3 Å². The van der Waals surface area contributed by atoms with Crippen LogP contribution < -0.4 is 9.47 Å². The van der Waals surface area contributed by atoms with Crippen LogP contribution in [0.2, 0.25) is 0 Å². The molecule has 0 N–H and O–H groups in total. The molecule has 3 heterocycles. The summed E-state index contributed by atoms with van der Waals surface area (Å²) in [5.41, 5.74) is 3.04. The topological polar surface area (TPSA) is 76.2 Å². The lowest BCUT2D eigenvalue weighted by atomic mass is 9.92. The van der Waals surface area contributed by atoms with Gasteiger partial charge in [-0.05, 0) is 48.7 Å². The maximum absolute atomic E-state index is 13.0. The number of imide groups is 1. The summed E-state index contributed by atoms with van der Waals surface area (Å²) < 4.78 is 11.6. The van der Waals surface area contributed by atoms with E-state index < -0.39 is 0 Å². The molecule has 31 heavy (non-hydrogen) atoms. The van der Waals surface area contributed by atoms with E-state index in [-0.39, 0.29) is 36.7 Å². The monoisotopic (exact) mass is 420 g/mol. The molecule has 0 aromatic heterocycles. The number of rotatable bonds is 3. The second-order valence-corrected chi connectivity index (χ2v) is 8.12. The van der Waals surface area contributed by atoms with Crippen molar-refractivity contribution in [1.29, 1.82) is 0 Å². The van der Waals surface area contributed by atoms with Crippen LogP contribution in [0.1, 0.15) is 57.7 Å². The summed E-state index contributed by atoms with van der Waals surface area (Å²) in [6, 6.07) is 10.7. The van der Waals surface area contributed by atoms with Crippen LogP contribution >= 0.6 is 0 Å². The number of fused-ring (bicyclic) bond motifs is 3. The highest BCUT2D eigenvalue weighted by molar-refractivity contribution is 6.21. The molecule has 3 amide bonds. The number of nitrogens with zero attached hydrogens (tertiary/aromatic N) is 2. The zero-order chi connectivity index (χ0) is 21.5. The summed E-state index contributed by atoms with van der Waals surface area (Å²) >= 11 is 0. The van der Waals surface area contributed by atoms with Gasteiger partial charge in [0.15, 0.2) is 11.5 Å². The van der Waals surface area contributed by atoms with Crippen LogP contribution in [-0.4, -0.2) is 53.8 Å². The molecule has 0 saturated carbocycles. The summed E-state index contributed by atoms with van der Waals surface area (Å²) in [6.07, 6.45) is 1.68. The molecule has 2 aromatic carbocycles. The Bertz CT molecular complexity index is 1040. The predicted molar refractivity (Wildman–Crippen MR) is 112 cm³/mol. The Kier molecular flexibility index (Phi) is 4.88. The predicted octanol–water partition coefficient (Wildman–Crippen LogP) is 2.98. The SMILES string of the molecule is C[C@@H]1c2cc3c(cc2CCN1C(=O)CCN1C(=O)c2ccccc2C1=O)OCCCO3. The normalized spacial score (nSPS) is 19.7. The highest BCUT2D eigenvalue weighted by Gasteiger charge is 2.36. The van der Waals surface area contributed by atoms with Crippen molar-refractivity contribution in [1.82, 2.24) is 9.80 Å². The maximum Gasteiger partial charge on any atom is 0.261 e. The number of hydrogen-bond donors (Lipinski definition) is 0. The third-order valence-electron chi connectivity index (χ3n) is 6.30. The number of amides is 3. The lowest BCUT2D eigenvalue weighted by molar-refractivity contribution is -0.133. The van der Waals surface area contributed by atoms with Crippen molar-refractivity contribution in [2.75, 3.05) is 26.3 Å². The van der Waals surface area contributed by atoms with Crippen LogP contribution in [0.3, 0.4) is 0 Å². The van der Waals surface area contributed by atoms with Gasteiger partial charge in [0.05, 0.1) is 30.4 Å². The molecule has 7 heteroatoms. The molecule has 0 bridgehead atoms. The van der Waals surface area contributed by atoms with Crippen LogP contribution in [0, 0.1) is 0 Å². The van der Waals surface area contributed by atoms with Gasteiger partial charge in [-0.25, -0.2) is 0 Å². The molecule has 0 fully saturated rings. The zero-order valence-electron chi connectivity index (χ0n) is 17.4. The largest absolute Gasteiger partial charge is 0.490 e. The first-order valence-electron chi connectivity index (χ1n) is 10.7. The molecule has 1 atom stereocenters. The Morgan fingerprint density at radius 1 is 1.03 bits per heavy atom. The van der Waals surface area contributed by atoms with E-state index in [2.05, 4.69) is 0 Å². The van der Waals surface area contributed by atoms with E-state index in [0.717, 1.165) is 29.9 Å². The molecular weight excluding hydrogens is 396 g/mol. The Balaban J connectivity index is 1.29. The minimum absolute atomic E-state index is 0.0678. The molecule has 0 unspecified atom stereocenters. The number of carbonyl (C=O) groups is 3. The maximum atomic E-state index is 13.0. The van der Waals surface area contributed by atoms with Crippen molar-refractivity contribution in [3.63, 3.8) is 0 Å². The Labute approximate surface area is 180 Å². The second-order valence-electron chi connectivity index (χ2n) is 8.12. The minimum atomic E-state index is -0.328. The fourth-order valence-electron chi connectivity index (χ4n) is 4.61. The van der Waals surface area contributed by atoms with Crippen LogP contribution in [0.15, 0.2) is 36.4 Å². The van der Waals surface area contributed by atoms with Gasteiger partial charge in [0, 0.05) is 25.9 Å². The molecule has 0 aliphatic carbocycles. The number of hydrogen-bond acceptors (Lipinski definition) is 5.